The Morgan fingerprint density at radius 2 is 1.71 bits per heavy atom. The first-order chi connectivity index (χ1) is 9.81. The van der Waals surface area contributed by atoms with E-state index in [2.05, 4.69) is 5.32 Å². The van der Waals surface area contributed by atoms with Crippen molar-refractivity contribution in [3.05, 3.63) is 28.2 Å². The van der Waals surface area contributed by atoms with Gasteiger partial charge in [-0.2, -0.15) is 0 Å². The summed E-state index contributed by atoms with van der Waals surface area (Å²) >= 11 is 12.0. The summed E-state index contributed by atoms with van der Waals surface area (Å²) in [7, 11) is 5.18. The quantitative estimate of drug-likeness (QED) is 0.870. The Balaban J connectivity index is 2.46. The normalized spacial score (nSPS) is 10.6. The van der Waals surface area contributed by atoms with E-state index in [4.69, 9.17) is 23.2 Å². The first-order valence-corrected chi connectivity index (χ1v) is 7.19. The monoisotopic (exact) mass is 331 g/mol. The van der Waals surface area contributed by atoms with Gasteiger partial charge in [0.05, 0.1) is 22.3 Å². The number of likely N-dealkylation sites (N-methyl/N-ethyl adjacent to an activating group) is 2. The molecule has 0 fully saturated rings. The first kappa shape index (κ1) is 17.8. The van der Waals surface area contributed by atoms with E-state index in [9.17, 15) is 9.59 Å². The van der Waals surface area contributed by atoms with E-state index >= 15 is 0 Å². The highest BCUT2D eigenvalue weighted by atomic mass is 35.5. The molecule has 0 saturated heterocycles. The van der Waals surface area contributed by atoms with Crippen LogP contribution in [0.2, 0.25) is 10.0 Å². The van der Waals surface area contributed by atoms with Crippen molar-refractivity contribution < 1.29 is 9.59 Å². The molecule has 1 rings (SSSR count). The fourth-order valence-corrected chi connectivity index (χ4v) is 2.05. The van der Waals surface area contributed by atoms with Gasteiger partial charge in [-0.05, 0) is 19.2 Å². The molecule has 2 amide bonds. The minimum atomic E-state index is -0.200. The molecule has 0 aromatic heterocycles. The number of nitrogens with zero attached hydrogens (tertiary/aromatic N) is 2. The molecule has 0 aliphatic heterocycles. The maximum Gasteiger partial charge on any atom is 0.236 e. The van der Waals surface area contributed by atoms with Crippen molar-refractivity contribution in [1.82, 2.24) is 9.80 Å². The number of halogens is 2. The number of anilines is 1. The zero-order valence-electron chi connectivity index (χ0n) is 12.3. The second kappa shape index (κ2) is 8.22. The van der Waals surface area contributed by atoms with E-state index in [1.54, 1.807) is 44.2 Å². The van der Waals surface area contributed by atoms with Crippen LogP contribution in [0, 0.1) is 0 Å². The van der Waals surface area contributed by atoms with Gasteiger partial charge in [0.2, 0.25) is 11.8 Å². The lowest BCUT2D eigenvalue weighted by molar-refractivity contribution is -0.130. The van der Waals surface area contributed by atoms with Crippen LogP contribution in [-0.2, 0) is 9.59 Å². The van der Waals surface area contributed by atoms with Crippen molar-refractivity contribution >= 4 is 40.7 Å². The lowest BCUT2D eigenvalue weighted by Crippen LogP contribution is -2.35. The number of hydrogen-bond acceptors (Lipinski definition) is 3. The van der Waals surface area contributed by atoms with Crippen LogP contribution in [0.3, 0.4) is 0 Å². The first-order valence-electron chi connectivity index (χ1n) is 6.44. The summed E-state index contributed by atoms with van der Waals surface area (Å²) in [5, 5.41) is 3.48. The van der Waals surface area contributed by atoms with E-state index in [1.807, 2.05) is 0 Å². The van der Waals surface area contributed by atoms with Crippen LogP contribution in [0.4, 0.5) is 5.69 Å². The standard InChI is InChI=1S/C14H19Cl2N3O2/c1-18(2)13(21)9-19(3)8-7-12(20)17-14-10(15)5-4-6-11(14)16/h4-6H,7-9H2,1-3H3,(H,17,20). The summed E-state index contributed by atoms with van der Waals surface area (Å²) in [6.45, 7) is 0.737. The second-order valence-electron chi connectivity index (χ2n) is 4.92. The van der Waals surface area contributed by atoms with Crippen LogP contribution in [-0.4, -0.2) is 55.8 Å². The average molecular weight is 332 g/mol. The molecule has 0 heterocycles. The van der Waals surface area contributed by atoms with Crippen molar-refractivity contribution in [3.8, 4) is 0 Å². The van der Waals surface area contributed by atoms with Crippen molar-refractivity contribution in [1.29, 1.82) is 0 Å². The van der Waals surface area contributed by atoms with E-state index in [1.165, 1.54) is 4.90 Å². The highest BCUT2D eigenvalue weighted by Crippen LogP contribution is 2.29. The third kappa shape index (κ3) is 5.91. The molecule has 0 aliphatic carbocycles. The molecule has 0 radical (unpaired) electrons. The van der Waals surface area contributed by atoms with Gasteiger partial charge in [0, 0.05) is 27.1 Å². The van der Waals surface area contributed by atoms with Crippen LogP contribution < -0.4 is 5.32 Å². The highest BCUT2D eigenvalue weighted by molar-refractivity contribution is 6.39. The summed E-state index contributed by atoms with van der Waals surface area (Å²) in [6.07, 6.45) is 0.249. The molecule has 116 valence electrons. The highest BCUT2D eigenvalue weighted by Gasteiger charge is 2.12. The molecule has 0 unspecified atom stereocenters. The Bertz CT molecular complexity index is 501. The van der Waals surface area contributed by atoms with Crippen molar-refractivity contribution in [3.63, 3.8) is 0 Å². The van der Waals surface area contributed by atoms with Crippen LogP contribution in [0.1, 0.15) is 6.42 Å². The maximum atomic E-state index is 11.9. The van der Waals surface area contributed by atoms with Gasteiger partial charge in [0.1, 0.15) is 0 Å². The van der Waals surface area contributed by atoms with E-state index < -0.39 is 0 Å². The van der Waals surface area contributed by atoms with Crippen LogP contribution in [0.25, 0.3) is 0 Å². The van der Waals surface area contributed by atoms with Gasteiger partial charge in [-0.3, -0.25) is 14.5 Å². The minimum absolute atomic E-state index is 0.00736. The Morgan fingerprint density at radius 3 is 2.24 bits per heavy atom. The lowest BCUT2D eigenvalue weighted by Gasteiger charge is -2.18. The molecule has 1 aromatic rings. The maximum absolute atomic E-state index is 11.9. The van der Waals surface area contributed by atoms with Gasteiger partial charge < -0.3 is 10.2 Å². The number of hydrogen-bond donors (Lipinski definition) is 1. The summed E-state index contributed by atoms with van der Waals surface area (Å²) in [5.74, 6) is -0.207. The fourth-order valence-electron chi connectivity index (χ4n) is 1.56. The largest absolute Gasteiger partial charge is 0.348 e. The van der Waals surface area contributed by atoms with Gasteiger partial charge >= 0.3 is 0 Å². The number of amides is 2. The average Bonchev–Trinajstić information content (AvgIpc) is 2.40. The molecule has 0 bridgehead atoms. The van der Waals surface area contributed by atoms with Crippen LogP contribution >= 0.6 is 23.2 Å². The molecule has 21 heavy (non-hydrogen) atoms. The molecule has 1 aromatic carbocycles. The minimum Gasteiger partial charge on any atom is -0.348 e. The third-order valence-electron chi connectivity index (χ3n) is 2.85. The fraction of sp³-hybridized carbons (Fsp3) is 0.429. The second-order valence-corrected chi connectivity index (χ2v) is 5.74. The summed E-state index contributed by atoms with van der Waals surface area (Å²) in [4.78, 5) is 26.7. The van der Waals surface area contributed by atoms with E-state index in [0.29, 0.717) is 22.3 Å². The molecule has 0 atom stereocenters. The molecular formula is C14H19Cl2N3O2. The number of nitrogens with one attached hydrogen (secondary N) is 1. The zero-order valence-corrected chi connectivity index (χ0v) is 13.8. The smallest absolute Gasteiger partial charge is 0.236 e. The molecule has 5 nitrogen and oxygen atoms in total. The van der Waals surface area contributed by atoms with E-state index in [0.717, 1.165) is 0 Å². The molecule has 0 aliphatic rings. The number of para-hydroxylation sites is 1. The van der Waals surface area contributed by atoms with Crippen molar-refractivity contribution in [2.75, 3.05) is 39.5 Å². The van der Waals surface area contributed by atoms with Gasteiger partial charge in [-0.1, -0.05) is 29.3 Å². The SMILES string of the molecule is CN(CCC(=O)Nc1c(Cl)cccc1Cl)CC(=O)N(C)C. The summed E-state index contributed by atoms with van der Waals surface area (Å²) in [6, 6.07) is 5.02. The van der Waals surface area contributed by atoms with Crippen LogP contribution in [0.5, 0.6) is 0 Å². The Hall–Kier alpha value is -1.30. The van der Waals surface area contributed by atoms with Crippen molar-refractivity contribution in [2.24, 2.45) is 0 Å². The predicted molar refractivity (Wildman–Crippen MR) is 85.9 cm³/mol. The number of carbonyl (C=O) groups is 2. The Kier molecular flexibility index (Phi) is 6.95. The summed E-state index contributed by atoms with van der Waals surface area (Å²) in [5.41, 5.74) is 0.415. The van der Waals surface area contributed by atoms with Crippen LogP contribution in [0.15, 0.2) is 18.2 Å². The molecular weight excluding hydrogens is 313 g/mol. The molecule has 0 saturated carbocycles. The van der Waals surface area contributed by atoms with Gasteiger partial charge in [-0.25, -0.2) is 0 Å². The van der Waals surface area contributed by atoms with Gasteiger partial charge in [0.15, 0.2) is 0 Å². The Morgan fingerprint density at radius 1 is 1.14 bits per heavy atom. The topological polar surface area (TPSA) is 52.7 Å². The lowest BCUT2D eigenvalue weighted by atomic mass is 10.3. The summed E-state index contributed by atoms with van der Waals surface area (Å²) < 4.78 is 0. The molecule has 0 spiro atoms. The zero-order chi connectivity index (χ0) is 16.0. The predicted octanol–water partition coefficient (Wildman–Crippen LogP) is 2.34. The molecule has 1 N–H and O–H groups in total. The Labute approximate surface area is 134 Å². The van der Waals surface area contributed by atoms with Gasteiger partial charge in [0.25, 0.3) is 0 Å². The number of benzene rings is 1. The molecule has 7 heteroatoms. The number of carbonyl (C=O) groups excluding carboxylic acids is 2. The van der Waals surface area contributed by atoms with Crippen molar-refractivity contribution in [2.45, 2.75) is 6.42 Å². The number of rotatable bonds is 6. The van der Waals surface area contributed by atoms with E-state index in [-0.39, 0.29) is 24.8 Å². The third-order valence-corrected chi connectivity index (χ3v) is 3.48. The van der Waals surface area contributed by atoms with Gasteiger partial charge in [-0.15, -0.1) is 0 Å².